The highest BCUT2D eigenvalue weighted by molar-refractivity contribution is 7.72. The zero-order valence-electron chi connectivity index (χ0n) is 25.9. The van der Waals surface area contributed by atoms with Gasteiger partial charge < -0.3 is 18.1 Å². The Morgan fingerprint density at radius 2 is 1.10 bits per heavy atom. The number of halogens is 2. The lowest BCUT2D eigenvalue weighted by Gasteiger charge is -2.36. The summed E-state index contributed by atoms with van der Waals surface area (Å²) in [6.07, 6.45) is -2.00. The molecule has 0 radical (unpaired) electrons. The zero-order valence-corrected chi connectivity index (χ0v) is 27.7. The van der Waals surface area contributed by atoms with E-state index in [1.165, 1.54) is 0 Å². The standard InChI is InChI=1S/C28H51F2NO6P2/c1-13-28(17-29,18-30)25-15-23(14-24(31-25)27(10,11)12)16-26(38(32,34-19(2)3)35-20(4)5)39(33,36-21(6)7)37-22(8)9/h14-15,19-22,26H,13,16-18H2,1-12H3. The topological polar surface area (TPSA) is 84.0 Å². The van der Waals surface area contributed by atoms with Crippen molar-refractivity contribution in [1.82, 2.24) is 4.98 Å². The Kier molecular flexibility index (Phi) is 13.5. The molecule has 1 aromatic rings. The van der Waals surface area contributed by atoms with Gasteiger partial charge in [0.25, 0.3) is 0 Å². The number of nitrogens with zero attached hydrogens (tertiary/aromatic N) is 1. The molecule has 1 heterocycles. The molecule has 0 aromatic carbocycles. The third kappa shape index (κ3) is 9.97. The number of hydrogen-bond acceptors (Lipinski definition) is 7. The van der Waals surface area contributed by atoms with Crippen LogP contribution in [0, 0.1) is 0 Å². The molecule has 11 heteroatoms. The smallest absolute Gasteiger partial charge is 0.305 e. The molecule has 0 amide bonds. The summed E-state index contributed by atoms with van der Waals surface area (Å²) in [5.74, 6) is 0. The Balaban J connectivity index is 4.04. The van der Waals surface area contributed by atoms with Crippen molar-refractivity contribution in [3.8, 4) is 0 Å². The summed E-state index contributed by atoms with van der Waals surface area (Å²) in [6.45, 7) is 19.4. The third-order valence-corrected chi connectivity index (χ3v) is 12.3. The van der Waals surface area contributed by atoms with Gasteiger partial charge in [0.05, 0.1) is 35.5 Å². The second-order valence-electron chi connectivity index (χ2n) is 12.3. The predicted octanol–water partition coefficient (Wildman–Crippen LogP) is 8.92. The van der Waals surface area contributed by atoms with Crippen molar-refractivity contribution >= 4 is 15.2 Å². The van der Waals surface area contributed by atoms with Crippen LogP contribution in [0.15, 0.2) is 12.1 Å². The van der Waals surface area contributed by atoms with E-state index in [1.54, 1.807) is 74.4 Å². The van der Waals surface area contributed by atoms with Gasteiger partial charge in [-0.2, -0.15) is 0 Å². The van der Waals surface area contributed by atoms with Crippen LogP contribution < -0.4 is 0 Å². The molecular weight excluding hydrogens is 546 g/mol. The fourth-order valence-electron chi connectivity index (χ4n) is 4.02. The van der Waals surface area contributed by atoms with Crippen LogP contribution in [0.25, 0.3) is 0 Å². The maximum Gasteiger partial charge on any atom is 0.346 e. The van der Waals surface area contributed by atoms with E-state index in [-0.39, 0.29) is 18.5 Å². The van der Waals surface area contributed by atoms with E-state index in [4.69, 9.17) is 18.1 Å². The Bertz CT molecular complexity index is 932. The number of aromatic nitrogens is 1. The van der Waals surface area contributed by atoms with Crippen LogP contribution in [0.4, 0.5) is 8.78 Å². The average Bonchev–Trinajstić information content (AvgIpc) is 2.76. The molecule has 0 aliphatic carbocycles. The Morgan fingerprint density at radius 3 is 1.38 bits per heavy atom. The van der Waals surface area contributed by atoms with Gasteiger partial charge in [0.15, 0.2) is 5.40 Å². The van der Waals surface area contributed by atoms with Gasteiger partial charge >= 0.3 is 15.2 Å². The number of hydrogen-bond donors (Lipinski definition) is 0. The van der Waals surface area contributed by atoms with Gasteiger partial charge in [0.2, 0.25) is 0 Å². The Labute approximate surface area is 235 Å². The minimum atomic E-state index is -4.16. The highest BCUT2D eigenvalue weighted by atomic mass is 31.2. The lowest BCUT2D eigenvalue weighted by atomic mass is 9.82. The normalized spacial score (nSPS) is 14.0. The van der Waals surface area contributed by atoms with Crippen molar-refractivity contribution in [2.24, 2.45) is 0 Å². The van der Waals surface area contributed by atoms with Crippen molar-refractivity contribution in [1.29, 1.82) is 0 Å². The van der Waals surface area contributed by atoms with Gasteiger partial charge in [-0.05, 0) is 85.9 Å². The predicted molar refractivity (Wildman–Crippen MR) is 154 cm³/mol. The summed E-state index contributed by atoms with van der Waals surface area (Å²) < 4.78 is 81.5. The van der Waals surface area contributed by atoms with Crippen molar-refractivity contribution < 1.29 is 36.0 Å². The van der Waals surface area contributed by atoms with Crippen molar-refractivity contribution in [2.45, 2.75) is 137 Å². The molecule has 0 saturated carbocycles. The molecular formula is C28H51F2NO6P2. The molecule has 0 N–H and O–H groups in total. The molecule has 228 valence electrons. The SMILES string of the molecule is CCC(CF)(CF)c1cc(CC(P(=O)(OC(C)C)OC(C)C)P(=O)(OC(C)C)OC(C)C)cc(C(C)(C)C)n1. The maximum absolute atomic E-state index is 14.6. The summed E-state index contributed by atoms with van der Waals surface area (Å²) >= 11 is 0. The van der Waals surface area contributed by atoms with Crippen LogP contribution in [0.5, 0.6) is 0 Å². The zero-order chi connectivity index (χ0) is 30.4. The van der Waals surface area contributed by atoms with E-state index in [2.05, 4.69) is 4.98 Å². The summed E-state index contributed by atoms with van der Waals surface area (Å²) in [5.41, 5.74) is -0.502. The van der Waals surface area contributed by atoms with E-state index in [1.807, 2.05) is 20.8 Å². The Hall–Kier alpha value is -0.690. The van der Waals surface area contributed by atoms with Crippen LogP contribution in [0.1, 0.15) is 106 Å². The number of pyridine rings is 1. The van der Waals surface area contributed by atoms with Gasteiger partial charge in [0, 0.05) is 11.1 Å². The minimum Gasteiger partial charge on any atom is -0.305 e. The minimum absolute atomic E-state index is 0.107. The molecule has 0 atom stereocenters. The van der Waals surface area contributed by atoms with Gasteiger partial charge in [0.1, 0.15) is 13.3 Å². The molecule has 1 aromatic heterocycles. The van der Waals surface area contributed by atoms with Crippen LogP contribution in [0.2, 0.25) is 0 Å². The number of rotatable bonds is 16. The van der Waals surface area contributed by atoms with Crippen molar-refractivity contribution in [2.75, 3.05) is 13.3 Å². The lowest BCUT2D eigenvalue weighted by Crippen LogP contribution is -2.33. The van der Waals surface area contributed by atoms with Crippen LogP contribution >= 0.6 is 15.2 Å². The molecule has 0 fully saturated rings. The first kappa shape index (κ1) is 36.3. The van der Waals surface area contributed by atoms with Crippen molar-refractivity contribution in [3.63, 3.8) is 0 Å². The number of alkyl halides is 2. The molecule has 1 rings (SSSR count). The van der Waals surface area contributed by atoms with E-state index in [0.29, 0.717) is 11.3 Å². The molecule has 0 aliphatic rings. The second-order valence-corrected chi connectivity index (χ2v) is 16.9. The summed E-state index contributed by atoms with van der Waals surface area (Å²) in [6, 6.07) is 3.40. The quantitative estimate of drug-likeness (QED) is 0.176. The van der Waals surface area contributed by atoms with Gasteiger partial charge in [-0.3, -0.25) is 14.1 Å². The van der Waals surface area contributed by atoms with Crippen LogP contribution in [0.3, 0.4) is 0 Å². The van der Waals surface area contributed by atoms with Crippen LogP contribution in [-0.2, 0) is 44.5 Å². The average molecular weight is 598 g/mol. The molecule has 0 bridgehead atoms. The first-order valence-corrected chi connectivity index (χ1v) is 17.1. The van der Waals surface area contributed by atoms with E-state index in [9.17, 15) is 17.9 Å². The van der Waals surface area contributed by atoms with Gasteiger partial charge in [-0.1, -0.05) is 27.7 Å². The first-order valence-electron chi connectivity index (χ1n) is 13.8. The van der Waals surface area contributed by atoms with E-state index < -0.39 is 69.2 Å². The molecule has 0 spiro atoms. The third-order valence-electron chi connectivity index (χ3n) is 5.96. The monoisotopic (exact) mass is 597 g/mol. The summed E-state index contributed by atoms with van der Waals surface area (Å²) in [4.78, 5) is 4.67. The molecule has 0 unspecified atom stereocenters. The largest absolute Gasteiger partial charge is 0.346 e. The highest BCUT2D eigenvalue weighted by Gasteiger charge is 2.53. The van der Waals surface area contributed by atoms with Crippen LogP contribution in [-0.4, -0.2) is 48.1 Å². The van der Waals surface area contributed by atoms with E-state index >= 15 is 0 Å². The van der Waals surface area contributed by atoms with Gasteiger partial charge in [-0.25, -0.2) is 8.78 Å². The molecule has 39 heavy (non-hydrogen) atoms. The highest BCUT2D eigenvalue weighted by Crippen LogP contribution is 2.72. The maximum atomic E-state index is 14.6. The van der Waals surface area contributed by atoms with E-state index in [0.717, 1.165) is 0 Å². The molecule has 0 aliphatic heterocycles. The lowest BCUT2D eigenvalue weighted by molar-refractivity contribution is 0.122. The Morgan fingerprint density at radius 1 is 0.744 bits per heavy atom. The van der Waals surface area contributed by atoms with Crippen molar-refractivity contribution in [3.05, 3.63) is 29.1 Å². The summed E-state index contributed by atoms with van der Waals surface area (Å²) in [5, 5.41) is -1.34. The molecule has 7 nitrogen and oxygen atoms in total. The second kappa shape index (κ2) is 14.5. The van der Waals surface area contributed by atoms with Gasteiger partial charge in [-0.15, -0.1) is 0 Å². The molecule has 0 saturated heterocycles. The fourth-order valence-corrected chi connectivity index (χ4v) is 9.94. The fraction of sp³-hybridized carbons (Fsp3) is 0.821. The summed E-state index contributed by atoms with van der Waals surface area (Å²) in [7, 11) is -8.31. The first-order chi connectivity index (χ1) is 17.8.